The van der Waals surface area contributed by atoms with Crippen molar-refractivity contribution in [3.8, 4) is 11.6 Å². The molecule has 0 aliphatic carbocycles. The standard InChI is InChI=1S/C28H21ClFN3O7/c29-20-14-31-23(13-22(20)39-16-17-6-2-1-3-7-17)40-27(36)19-9-4-8-18(12-19)25(34)33-26(35)21(30)15-32(28(33)37)24-10-5-11-38-24/h1-4,6-9,12-15,24H,5,10-11,16H2. The first kappa shape index (κ1) is 27.0. The van der Waals surface area contributed by atoms with Crippen molar-refractivity contribution in [1.82, 2.24) is 14.1 Å². The van der Waals surface area contributed by atoms with Crippen molar-refractivity contribution in [3.05, 3.63) is 121 Å². The number of carbonyl (C=O) groups is 2. The maximum Gasteiger partial charge on any atom is 0.344 e. The van der Waals surface area contributed by atoms with E-state index in [1.165, 1.54) is 30.5 Å². The van der Waals surface area contributed by atoms with Gasteiger partial charge in [0.2, 0.25) is 11.7 Å². The lowest BCUT2D eigenvalue weighted by Crippen LogP contribution is -2.46. The number of carbonyl (C=O) groups excluding carboxylic acids is 2. The fourth-order valence-electron chi connectivity index (χ4n) is 4.07. The average molecular weight is 566 g/mol. The predicted molar refractivity (Wildman–Crippen MR) is 140 cm³/mol. The molecule has 3 heterocycles. The summed E-state index contributed by atoms with van der Waals surface area (Å²) in [6.07, 6.45) is 2.26. The molecule has 12 heteroatoms. The Balaban J connectivity index is 1.36. The predicted octanol–water partition coefficient (Wildman–Crippen LogP) is 3.99. The van der Waals surface area contributed by atoms with Crippen molar-refractivity contribution in [2.24, 2.45) is 0 Å². The van der Waals surface area contributed by atoms with E-state index in [1.54, 1.807) is 0 Å². The molecule has 1 fully saturated rings. The summed E-state index contributed by atoms with van der Waals surface area (Å²) in [4.78, 5) is 55.4. The summed E-state index contributed by atoms with van der Waals surface area (Å²) in [5.41, 5.74) is -1.86. The molecule has 1 saturated heterocycles. The van der Waals surface area contributed by atoms with Gasteiger partial charge in [-0.2, -0.15) is 8.96 Å². The number of rotatable bonds is 7. The summed E-state index contributed by atoms with van der Waals surface area (Å²) in [6.45, 7) is 0.579. The largest absolute Gasteiger partial charge is 0.487 e. The van der Waals surface area contributed by atoms with Crippen LogP contribution in [-0.2, 0) is 11.3 Å². The van der Waals surface area contributed by atoms with Crippen molar-refractivity contribution >= 4 is 23.5 Å². The molecule has 0 spiro atoms. The van der Waals surface area contributed by atoms with Gasteiger partial charge in [-0.05, 0) is 36.6 Å². The molecule has 0 bridgehead atoms. The van der Waals surface area contributed by atoms with Crippen LogP contribution in [0.1, 0.15) is 45.3 Å². The first-order valence-corrected chi connectivity index (χ1v) is 12.5. The van der Waals surface area contributed by atoms with Crippen LogP contribution in [-0.4, -0.2) is 32.6 Å². The SMILES string of the molecule is O=C(Oc1cc(OCc2ccccc2)c(Cl)cn1)c1cccc(C(=O)n2c(=O)c(F)cn(C3CCCO3)c2=O)c1. The molecule has 2 aromatic heterocycles. The molecule has 1 aliphatic rings. The maximum atomic E-state index is 14.4. The zero-order valence-corrected chi connectivity index (χ0v) is 21.5. The Morgan fingerprint density at radius 2 is 1.85 bits per heavy atom. The Bertz CT molecular complexity index is 1700. The number of hydrogen-bond acceptors (Lipinski definition) is 8. The van der Waals surface area contributed by atoms with E-state index in [2.05, 4.69) is 4.98 Å². The van der Waals surface area contributed by atoms with Gasteiger partial charge in [-0.1, -0.05) is 48.0 Å². The molecule has 1 atom stereocenters. The smallest absolute Gasteiger partial charge is 0.344 e. The Morgan fingerprint density at radius 3 is 2.60 bits per heavy atom. The van der Waals surface area contributed by atoms with E-state index >= 15 is 0 Å². The number of ether oxygens (including phenoxy) is 3. The summed E-state index contributed by atoms with van der Waals surface area (Å²) >= 11 is 6.16. The number of esters is 1. The number of pyridine rings is 1. The number of halogens is 2. The first-order chi connectivity index (χ1) is 19.3. The van der Waals surface area contributed by atoms with Crippen LogP contribution >= 0.6 is 11.6 Å². The Labute approximate surface area is 231 Å². The van der Waals surface area contributed by atoms with Gasteiger partial charge in [0.05, 0.1) is 18.0 Å². The highest BCUT2D eigenvalue weighted by atomic mass is 35.5. The minimum absolute atomic E-state index is 0.0849. The second-order valence-corrected chi connectivity index (χ2v) is 9.19. The highest BCUT2D eigenvalue weighted by Crippen LogP contribution is 2.28. The van der Waals surface area contributed by atoms with Gasteiger partial charge in [0, 0.05) is 18.2 Å². The molecule has 1 unspecified atom stereocenters. The summed E-state index contributed by atoms with van der Waals surface area (Å²) in [5.74, 6) is -3.17. The molecule has 204 valence electrons. The van der Waals surface area contributed by atoms with E-state index in [0.717, 1.165) is 22.4 Å². The second kappa shape index (κ2) is 11.6. The van der Waals surface area contributed by atoms with Gasteiger partial charge in [0.1, 0.15) is 23.6 Å². The van der Waals surface area contributed by atoms with Gasteiger partial charge in [0.15, 0.2) is 0 Å². The lowest BCUT2D eigenvalue weighted by Gasteiger charge is -2.15. The van der Waals surface area contributed by atoms with Crippen LogP contribution in [0.2, 0.25) is 5.02 Å². The molecule has 4 aromatic rings. The molecular weight excluding hydrogens is 545 g/mol. The number of benzene rings is 2. The molecule has 1 aliphatic heterocycles. The van der Waals surface area contributed by atoms with E-state index in [9.17, 15) is 23.6 Å². The van der Waals surface area contributed by atoms with Crippen molar-refractivity contribution in [2.75, 3.05) is 6.61 Å². The van der Waals surface area contributed by atoms with E-state index in [1.807, 2.05) is 30.3 Å². The van der Waals surface area contributed by atoms with Gasteiger partial charge in [-0.15, -0.1) is 0 Å². The summed E-state index contributed by atoms with van der Waals surface area (Å²) in [7, 11) is 0. The minimum atomic E-state index is -1.41. The fourth-order valence-corrected chi connectivity index (χ4v) is 4.23. The van der Waals surface area contributed by atoms with Crippen LogP contribution in [0.5, 0.6) is 11.6 Å². The first-order valence-electron chi connectivity index (χ1n) is 12.2. The van der Waals surface area contributed by atoms with Gasteiger partial charge in [0.25, 0.3) is 11.5 Å². The third kappa shape index (κ3) is 5.70. The molecular formula is C28H21ClFN3O7. The van der Waals surface area contributed by atoms with Crippen molar-refractivity contribution in [1.29, 1.82) is 0 Å². The van der Waals surface area contributed by atoms with E-state index in [4.69, 9.17) is 25.8 Å². The van der Waals surface area contributed by atoms with Gasteiger partial charge < -0.3 is 14.2 Å². The van der Waals surface area contributed by atoms with Crippen molar-refractivity contribution < 1.29 is 28.2 Å². The third-order valence-electron chi connectivity index (χ3n) is 6.07. The number of nitrogens with zero attached hydrogens (tertiary/aromatic N) is 3. The summed E-state index contributed by atoms with van der Waals surface area (Å²) in [6, 6.07) is 15.8. The molecule has 0 radical (unpaired) electrons. The molecule has 0 N–H and O–H groups in total. The zero-order valence-electron chi connectivity index (χ0n) is 20.8. The molecule has 40 heavy (non-hydrogen) atoms. The van der Waals surface area contributed by atoms with Gasteiger partial charge in [-0.3, -0.25) is 14.2 Å². The summed E-state index contributed by atoms with van der Waals surface area (Å²) < 4.78 is 31.9. The third-order valence-corrected chi connectivity index (χ3v) is 6.35. The minimum Gasteiger partial charge on any atom is -0.487 e. The van der Waals surface area contributed by atoms with E-state index in [-0.39, 0.29) is 39.0 Å². The quantitative estimate of drug-likeness (QED) is 0.309. The normalized spacial score (nSPS) is 14.6. The zero-order chi connectivity index (χ0) is 28.2. The van der Waals surface area contributed by atoms with Gasteiger partial charge in [-0.25, -0.2) is 14.6 Å². The van der Waals surface area contributed by atoms with Crippen LogP contribution in [0.4, 0.5) is 4.39 Å². The van der Waals surface area contributed by atoms with Crippen LogP contribution < -0.4 is 20.7 Å². The van der Waals surface area contributed by atoms with Crippen LogP contribution in [0.25, 0.3) is 0 Å². The van der Waals surface area contributed by atoms with Crippen LogP contribution in [0.15, 0.2) is 82.6 Å². The highest BCUT2D eigenvalue weighted by molar-refractivity contribution is 6.31. The molecule has 2 aromatic carbocycles. The number of aromatic nitrogens is 3. The Hall–Kier alpha value is -4.61. The Kier molecular flexibility index (Phi) is 7.85. The maximum absolute atomic E-state index is 14.4. The van der Waals surface area contributed by atoms with Crippen molar-refractivity contribution in [3.63, 3.8) is 0 Å². The lowest BCUT2D eigenvalue weighted by atomic mass is 10.1. The lowest BCUT2D eigenvalue weighted by molar-refractivity contribution is 0.0501. The second-order valence-electron chi connectivity index (χ2n) is 8.78. The van der Waals surface area contributed by atoms with Crippen molar-refractivity contribution in [2.45, 2.75) is 25.7 Å². The van der Waals surface area contributed by atoms with Crippen LogP contribution in [0.3, 0.4) is 0 Å². The average Bonchev–Trinajstić information content (AvgIpc) is 3.51. The molecule has 0 saturated carbocycles. The molecule has 10 nitrogen and oxygen atoms in total. The topological polar surface area (TPSA) is 119 Å². The molecule has 0 amide bonds. The summed E-state index contributed by atoms with van der Waals surface area (Å²) in [5, 5.41) is 0.206. The number of hydrogen-bond donors (Lipinski definition) is 0. The fraction of sp³-hybridized carbons (Fsp3) is 0.179. The van der Waals surface area contributed by atoms with E-state index in [0.29, 0.717) is 19.4 Å². The van der Waals surface area contributed by atoms with Gasteiger partial charge >= 0.3 is 11.7 Å². The van der Waals surface area contributed by atoms with E-state index < -0.39 is 35.2 Å². The molecule has 5 rings (SSSR count). The monoisotopic (exact) mass is 565 g/mol. The highest BCUT2D eigenvalue weighted by Gasteiger charge is 2.25. The van der Waals surface area contributed by atoms with Crippen LogP contribution in [0, 0.1) is 5.82 Å². The Morgan fingerprint density at radius 1 is 1.07 bits per heavy atom.